The molecule has 3 aromatic heterocycles. The zero-order valence-corrected chi connectivity index (χ0v) is 25.0. The largest absolute Gasteiger partial charge is 0.423 e. The summed E-state index contributed by atoms with van der Waals surface area (Å²) in [5.41, 5.74) is 17.7. The molecule has 9 nitrogen and oxygen atoms in total. The predicted octanol–water partition coefficient (Wildman–Crippen LogP) is 6.05. The topological polar surface area (TPSA) is 149 Å². The number of anilines is 3. The maximum atomic E-state index is 11.3. The Morgan fingerprint density at radius 2 is 1.12 bits per heavy atom. The molecule has 0 aliphatic heterocycles. The van der Waals surface area contributed by atoms with Crippen LogP contribution < -0.4 is 33.2 Å². The van der Waals surface area contributed by atoms with Crippen molar-refractivity contribution in [3.8, 4) is 0 Å². The van der Waals surface area contributed by atoms with E-state index in [1.807, 2.05) is 51.1 Å². The number of hydrogen-bond donors (Lipinski definition) is 3. The van der Waals surface area contributed by atoms with Gasteiger partial charge in [0.25, 0.3) is 0 Å². The first kappa shape index (κ1) is 30.6. The maximum absolute atomic E-state index is 11.3. The minimum atomic E-state index is -0.337. The highest BCUT2D eigenvalue weighted by Gasteiger charge is 2.07. The summed E-state index contributed by atoms with van der Waals surface area (Å²) in [7, 11) is 0. The Bertz CT molecular complexity index is 1990. The second-order valence-electron chi connectivity index (χ2n) is 10.2. The Balaban J connectivity index is 0.000000150. The van der Waals surface area contributed by atoms with Crippen molar-refractivity contribution in [3.05, 3.63) is 121 Å². The van der Waals surface area contributed by atoms with E-state index in [0.29, 0.717) is 22.5 Å². The van der Waals surface area contributed by atoms with Gasteiger partial charge in [0.2, 0.25) is 5.56 Å². The van der Waals surface area contributed by atoms with Crippen molar-refractivity contribution in [1.82, 2.24) is 4.98 Å². The van der Waals surface area contributed by atoms with Crippen molar-refractivity contribution in [1.29, 1.82) is 0 Å². The first-order valence-electron chi connectivity index (χ1n) is 14.0. The number of pyridine rings is 1. The number of rotatable bonds is 3. The first-order chi connectivity index (χ1) is 20.5. The lowest BCUT2D eigenvalue weighted by Crippen LogP contribution is -2.21. The molecule has 0 radical (unpaired) electrons. The first-order valence-corrected chi connectivity index (χ1v) is 14.0. The van der Waals surface area contributed by atoms with Gasteiger partial charge >= 0.3 is 11.3 Å². The normalized spacial score (nSPS) is 10.6. The highest BCUT2D eigenvalue weighted by atomic mass is 16.4. The lowest BCUT2D eigenvalue weighted by Gasteiger charge is -2.21. The Morgan fingerprint density at radius 3 is 1.70 bits per heavy atom. The number of aryl methyl sites for hydroxylation is 3. The van der Waals surface area contributed by atoms with E-state index < -0.39 is 0 Å². The van der Waals surface area contributed by atoms with Crippen molar-refractivity contribution in [3.63, 3.8) is 0 Å². The molecular weight excluding hydrogens is 544 g/mol. The molecule has 9 heteroatoms. The third-order valence-electron chi connectivity index (χ3n) is 7.11. The van der Waals surface area contributed by atoms with E-state index in [0.717, 1.165) is 57.1 Å². The van der Waals surface area contributed by atoms with Gasteiger partial charge in [-0.05, 0) is 87.7 Å². The maximum Gasteiger partial charge on any atom is 0.336 e. The number of fused-ring (bicyclic) bond motifs is 3. The minimum absolute atomic E-state index is 0.0874. The van der Waals surface area contributed by atoms with Crippen molar-refractivity contribution >= 4 is 49.9 Å². The number of H-pyrrole nitrogens is 1. The van der Waals surface area contributed by atoms with Gasteiger partial charge in [0, 0.05) is 76.6 Å². The average molecular weight is 581 g/mol. The zero-order chi connectivity index (χ0) is 31.3. The number of aromatic nitrogens is 1. The Morgan fingerprint density at radius 1 is 0.628 bits per heavy atom. The molecule has 43 heavy (non-hydrogen) atoms. The van der Waals surface area contributed by atoms with Crippen LogP contribution in [0.5, 0.6) is 0 Å². The Labute approximate surface area is 248 Å². The monoisotopic (exact) mass is 580 g/mol. The van der Waals surface area contributed by atoms with E-state index in [1.54, 1.807) is 24.3 Å². The summed E-state index contributed by atoms with van der Waals surface area (Å²) in [6.45, 7) is 11.8. The molecule has 0 unspecified atom stereocenters. The second-order valence-corrected chi connectivity index (χ2v) is 10.2. The van der Waals surface area contributed by atoms with Gasteiger partial charge < -0.3 is 30.2 Å². The van der Waals surface area contributed by atoms with Crippen LogP contribution >= 0.6 is 0 Å². The summed E-state index contributed by atoms with van der Waals surface area (Å²) in [5, 5.41) is 2.96. The summed E-state index contributed by atoms with van der Waals surface area (Å²) in [4.78, 5) is 38.4. The van der Waals surface area contributed by atoms with Gasteiger partial charge in [-0.2, -0.15) is 0 Å². The molecule has 0 spiro atoms. The van der Waals surface area contributed by atoms with Crippen LogP contribution in [0.15, 0.2) is 96.0 Å². The smallest absolute Gasteiger partial charge is 0.336 e. The number of nitrogens with one attached hydrogen (secondary N) is 1. The van der Waals surface area contributed by atoms with Gasteiger partial charge in [0.15, 0.2) is 0 Å². The molecule has 0 amide bonds. The molecule has 0 aliphatic carbocycles. The fourth-order valence-corrected chi connectivity index (χ4v) is 4.89. The van der Waals surface area contributed by atoms with Crippen LogP contribution in [-0.2, 0) is 0 Å². The standard InChI is InChI=1S/C14H17NO2.C10H10N2O.C10H9NO2/c1-4-15(5-2)11-6-7-12-10(3)8-14(16)17-13(12)9-11;1-6-4-10(13)12-9-5-7(11)2-3-8(6)9;1-6-4-10(12)13-9-5-7(11)2-3-8(6)9/h6-9H,4-5H2,1-3H3;2-5H,11H2,1H3,(H,12,13);2-5H,11H2,1H3. The van der Waals surface area contributed by atoms with Crippen LogP contribution in [0.2, 0.25) is 0 Å². The van der Waals surface area contributed by atoms with Gasteiger partial charge in [-0.25, -0.2) is 9.59 Å². The third kappa shape index (κ3) is 7.32. The molecule has 0 atom stereocenters. The van der Waals surface area contributed by atoms with Gasteiger partial charge in [-0.3, -0.25) is 4.79 Å². The molecule has 5 N–H and O–H groups in total. The highest BCUT2D eigenvalue weighted by Crippen LogP contribution is 2.23. The van der Waals surface area contributed by atoms with Crippen molar-refractivity contribution < 1.29 is 8.83 Å². The predicted molar refractivity (Wildman–Crippen MR) is 176 cm³/mol. The van der Waals surface area contributed by atoms with E-state index >= 15 is 0 Å². The van der Waals surface area contributed by atoms with E-state index in [9.17, 15) is 14.4 Å². The van der Waals surface area contributed by atoms with Crippen molar-refractivity contribution in [2.75, 3.05) is 29.5 Å². The highest BCUT2D eigenvalue weighted by molar-refractivity contribution is 5.85. The molecule has 3 heterocycles. The molecule has 6 rings (SSSR count). The van der Waals surface area contributed by atoms with E-state index in [1.165, 1.54) is 12.1 Å². The SMILES string of the molecule is CCN(CC)c1ccc2c(C)cc(=O)oc2c1.Cc1cc(=O)[nH]c2cc(N)ccc12.Cc1cc(=O)oc2cc(N)ccc12. The number of nitrogens with zero attached hydrogens (tertiary/aromatic N) is 1. The number of hydrogen-bond acceptors (Lipinski definition) is 8. The number of benzene rings is 3. The molecule has 3 aromatic carbocycles. The Kier molecular flexibility index (Phi) is 9.35. The summed E-state index contributed by atoms with van der Waals surface area (Å²) in [5.74, 6) is 0. The quantitative estimate of drug-likeness (QED) is 0.169. The molecule has 6 aromatic rings. The van der Waals surface area contributed by atoms with Crippen LogP contribution in [0.25, 0.3) is 32.8 Å². The molecule has 0 saturated carbocycles. The average Bonchev–Trinajstić information content (AvgIpc) is 2.93. The molecule has 0 aliphatic rings. The zero-order valence-electron chi connectivity index (χ0n) is 25.0. The van der Waals surface area contributed by atoms with Crippen LogP contribution in [0.3, 0.4) is 0 Å². The van der Waals surface area contributed by atoms with Gasteiger partial charge in [-0.15, -0.1) is 0 Å². The summed E-state index contributed by atoms with van der Waals surface area (Å²) in [6.07, 6.45) is 0. The van der Waals surface area contributed by atoms with Gasteiger partial charge in [0.05, 0.1) is 5.52 Å². The molecule has 0 fully saturated rings. The van der Waals surface area contributed by atoms with Crippen molar-refractivity contribution in [2.45, 2.75) is 34.6 Å². The van der Waals surface area contributed by atoms with Crippen LogP contribution in [-0.4, -0.2) is 18.1 Å². The van der Waals surface area contributed by atoms with E-state index in [-0.39, 0.29) is 16.8 Å². The molecule has 0 saturated heterocycles. The Hall–Kier alpha value is -5.31. The molecule has 0 bridgehead atoms. The minimum Gasteiger partial charge on any atom is -0.423 e. The fourth-order valence-electron chi connectivity index (χ4n) is 4.89. The third-order valence-corrected chi connectivity index (χ3v) is 7.11. The van der Waals surface area contributed by atoms with Crippen LogP contribution in [0.1, 0.15) is 30.5 Å². The van der Waals surface area contributed by atoms with Crippen LogP contribution in [0.4, 0.5) is 17.1 Å². The van der Waals surface area contributed by atoms with Crippen LogP contribution in [0, 0.1) is 20.8 Å². The molecular formula is C34H36N4O5. The number of nitrogens with two attached hydrogens (primary N) is 2. The van der Waals surface area contributed by atoms with E-state index in [2.05, 4.69) is 29.8 Å². The van der Waals surface area contributed by atoms with Crippen molar-refractivity contribution in [2.24, 2.45) is 0 Å². The summed E-state index contributed by atoms with van der Waals surface area (Å²) < 4.78 is 10.2. The van der Waals surface area contributed by atoms with Gasteiger partial charge in [0.1, 0.15) is 11.2 Å². The number of aromatic amines is 1. The lowest BCUT2D eigenvalue weighted by molar-refractivity contribution is 0.559. The lowest BCUT2D eigenvalue weighted by atomic mass is 10.1. The molecule has 222 valence electrons. The fraction of sp³-hybridized carbons (Fsp3) is 0.206. The number of nitrogen functional groups attached to an aromatic ring is 2. The van der Waals surface area contributed by atoms with Gasteiger partial charge in [-0.1, -0.05) is 6.07 Å². The summed E-state index contributed by atoms with van der Waals surface area (Å²) in [6, 6.07) is 21.4. The second kappa shape index (κ2) is 13.1. The summed E-state index contributed by atoms with van der Waals surface area (Å²) >= 11 is 0. The van der Waals surface area contributed by atoms with E-state index in [4.69, 9.17) is 20.3 Å².